The van der Waals surface area contributed by atoms with E-state index in [9.17, 15) is 14.4 Å². The van der Waals surface area contributed by atoms with Gasteiger partial charge >= 0.3 is 0 Å². The molecule has 0 unspecified atom stereocenters. The summed E-state index contributed by atoms with van der Waals surface area (Å²) in [7, 11) is 9.13. The van der Waals surface area contributed by atoms with Crippen LogP contribution in [-0.4, -0.2) is 63.5 Å². The maximum atomic E-state index is 12.8. The summed E-state index contributed by atoms with van der Waals surface area (Å²) in [4.78, 5) is 39.6. The number of likely N-dealkylation sites (N-methyl/N-ethyl adjacent to an activating group) is 1. The number of carbonyl (C=O) groups excluding carboxylic acids is 3. The molecule has 170 valence electrons. The first-order chi connectivity index (χ1) is 15.2. The quantitative estimate of drug-likeness (QED) is 0.495. The summed E-state index contributed by atoms with van der Waals surface area (Å²) < 4.78 is 5.01. The lowest BCUT2D eigenvalue weighted by molar-refractivity contribution is 0.0941. The molecule has 3 rings (SSSR count). The normalized spacial score (nSPS) is 10.9. The van der Waals surface area contributed by atoms with Gasteiger partial charge in [-0.05, 0) is 38.4 Å². The lowest BCUT2D eigenvalue weighted by Crippen LogP contribution is -2.32. The van der Waals surface area contributed by atoms with E-state index in [1.807, 2.05) is 19.0 Å². The predicted octanol–water partition coefficient (Wildman–Crippen LogP) is 1.50. The van der Waals surface area contributed by atoms with E-state index in [1.54, 1.807) is 77.7 Å². The molecule has 3 aromatic heterocycles. The summed E-state index contributed by atoms with van der Waals surface area (Å²) in [6.45, 7) is 1.26. The van der Waals surface area contributed by atoms with Gasteiger partial charge in [0.25, 0.3) is 17.7 Å². The maximum absolute atomic E-state index is 12.8. The highest BCUT2D eigenvalue weighted by Crippen LogP contribution is 2.18. The molecule has 0 saturated carbocycles. The molecule has 10 heteroatoms. The molecule has 32 heavy (non-hydrogen) atoms. The second-order valence-electron chi connectivity index (χ2n) is 7.92. The van der Waals surface area contributed by atoms with Crippen molar-refractivity contribution in [2.45, 2.75) is 0 Å². The fourth-order valence-electron chi connectivity index (χ4n) is 3.29. The smallest absolute Gasteiger partial charge is 0.272 e. The molecular weight excluding hydrogens is 410 g/mol. The Morgan fingerprint density at radius 2 is 1.34 bits per heavy atom. The molecule has 0 aliphatic rings. The van der Waals surface area contributed by atoms with Gasteiger partial charge in [-0.1, -0.05) is 0 Å². The predicted molar refractivity (Wildman–Crippen MR) is 123 cm³/mol. The third-order valence-corrected chi connectivity index (χ3v) is 5.01. The number of amides is 3. The van der Waals surface area contributed by atoms with Gasteiger partial charge in [-0.15, -0.1) is 0 Å². The zero-order valence-electron chi connectivity index (χ0n) is 19.0. The van der Waals surface area contributed by atoms with Crippen LogP contribution in [0.25, 0.3) is 0 Å². The molecule has 3 heterocycles. The van der Waals surface area contributed by atoms with E-state index in [1.165, 1.54) is 0 Å². The first kappa shape index (κ1) is 22.9. The minimum atomic E-state index is -0.350. The molecule has 10 nitrogen and oxygen atoms in total. The van der Waals surface area contributed by atoms with E-state index < -0.39 is 0 Å². The molecule has 0 saturated heterocycles. The Balaban J connectivity index is 1.65. The zero-order chi connectivity index (χ0) is 23.4. The van der Waals surface area contributed by atoms with Gasteiger partial charge in [0.15, 0.2) is 0 Å². The Morgan fingerprint density at radius 3 is 1.84 bits per heavy atom. The van der Waals surface area contributed by atoms with Crippen LogP contribution in [-0.2, 0) is 21.1 Å². The average Bonchev–Trinajstić information content (AvgIpc) is 3.40. The average molecular weight is 440 g/mol. The number of hydrogen-bond acceptors (Lipinski definition) is 4. The molecule has 0 aromatic carbocycles. The largest absolute Gasteiger partial charge is 0.349 e. The van der Waals surface area contributed by atoms with Crippen LogP contribution in [0.1, 0.15) is 31.5 Å². The van der Waals surface area contributed by atoms with Crippen molar-refractivity contribution in [2.24, 2.45) is 21.1 Å². The SMILES string of the molecule is CN(C)CCNC(=O)c1cc(NC(=O)c2cc(NC(=O)c3cccn3C)cn2C)cn1C. The summed E-state index contributed by atoms with van der Waals surface area (Å²) in [6, 6.07) is 6.74. The van der Waals surface area contributed by atoms with Crippen molar-refractivity contribution < 1.29 is 14.4 Å². The van der Waals surface area contributed by atoms with Gasteiger partial charge in [0.1, 0.15) is 17.1 Å². The van der Waals surface area contributed by atoms with E-state index in [2.05, 4.69) is 16.0 Å². The Bertz CT molecular complexity index is 1140. The molecule has 3 N–H and O–H groups in total. The van der Waals surface area contributed by atoms with Gasteiger partial charge in [0.2, 0.25) is 0 Å². The molecule has 0 aliphatic carbocycles. The Labute approximate surface area is 186 Å². The summed E-state index contributed by atoms with van der Waals surface area (Å²) in [5.74, 6) is -0.820. The van der Waals surface area contributed by atoms with Crippen molar-refractivity contribution in [1.82, 2.24) is 23.9 Å². The number of anilines is 2. The zero-order valence-corrected chi connectivity index (χ0v) is 19.0. The number of nitrogens with one attached hydrogen (secondary N) is 3. The molecule has 0 bridgehead atoms. The van der Waals surface area contributed by atoms with Crippen molar-refractivity contribution in [3.05, 3.63) is 59.9 Å². The molecule has 0 atom stereocenters. The monoisotopic (exact) mass is 439 g/mol. The number of hydrogen-bond donors (Lipinski definition) is 3. The van der Waals surface area contributed by atoms with Crippen molar-refractivity contribution in [2.75, 3.05) is 37.8 Å². The Morgan fingerprint density at radius 1 is 0.812 bits per heavy atom. The lowest BCUT2D eigenvalue weighted by Gasteiger charge is -2.10. The number of carbonyl (C=O) groups is 3. The molecule has 3 amide bonds. The van der Waals surface area contributed by atoms with Crippen LogP contribution in [0.5, 0.6) is 0 Å². The van der Waals surface area contributed by atoms with E-state index in [0.717, 1.165) is 6.54 Å². The fraction of sp³-hybridized carbons (Fsp3) is 0.318. The van der Waals surface area contributed by atoms with E-state index in [4.69, 9.17) is 0 Å². The number of aryl methyl sites for hydroxylation is 3. The van der Waals surface area contributed by atoms with Crippen molar-refractivity contribution in [3.63, 3.8) is 0 Å². The van der Waals surface area contributed by atoms with Crippen LogP contribution in [0.4, 0.5) is 11.4 Å². The van der Waals surface area contributed by atoms with Crippen LogP contribution in [0, 0.1) is 0 Å². The van der Waals surface area contributed by atoms with Crippen LogP contribution >= 0.6 is 0 Å². The fourth-order valence-corrected chi connectivity index (χ4v) is 3.29. The molecule has 0 fully saturated rings. The van der Waals surface area contributed by atoms with E-state index in [-0.39, 0.29) is 17.7 Å². The molecule has 0 aliphatic heterocycles. The van der Waals surface area contributed by atoms with Gasteiger partial charge in [-0.2, -0.15) is 0 Å². The maximum Gasteiger partial charge on any atom is 0.272 e. The summed E-state index contributed by atoms with van der Waals surface area (Å²) in [6.07, 6.45) is 5.14. The van der Waals surface area contributed by atoms with E-state index in [0.29, 0.717) is 35.0 Å². The Hall–Kier alpha value is -3.79. The number of aromatic nitrogens is 3. The minimum Gasteiger partial charge on any atom is -0.349 e. The summed E-state index contributed by atoms with van der Waals surface area (Å²) >= 11 is 0. The second kappa shape index (κ2) is 9.56. The third kappa shape index (κ3) is 5.27. The van der Waals surface area contributed by atoms with Gasteiger partial charge < -0.3 is 34.6 Å². The molecule has 3 aromatic rings. The summed E-state index contributed by atoms with van der Waals surface area (Å²) in [5.41, 5.74) is 2.35. The van der Waals surface area contributed by atoms with Crippen molar-refractivity contribution in [3.8, 4) is 0 Å². The second-order valence-corrected chi connectivity index (χ2v) is 7.92. The molecule has 0 radical (unpaired) electrons. The van der Waals surface area contributed by atoms with Gasteiger partial charge in [0.05, 0.1) is 11.4 Å². The highest BCUT2D eigenvalue weighted by Gasteiger charge is 2.17. The standard InChI is InChI=1S/C22H29N7O3/c1-26(2)10-8-23-20(30)18-11-15(13-28(18)4)25-22(32)19-12-16(14-29(19)5)24-21(31)17-7-6-9-27(17)3/h6-7,9,11-14H,8,10H2,1-5H3,(H,23,30)(H,24,31)(H,25,32). The number of rotatable bonds is 8. The van der Waals surface area contributed by atoms with Gasteiger partial charge in [-0.3, -0.25) is 14.4 Å². The van der Waals surface area contributed by atoms with Crippen molar-refractivity contribution in [1.29, 1.82) is 0 Å². The van der Waals surface area contributed by atoms with Crippen LogP contribution in [0.3, 0.4) is 0 Å². The lowest BCUT2D eigenvalue weighted by atomic mass is 10.3. The van der Waals surface area contributed by atoms with Gasteiger partial charge in [0, 0.05) is 52.8 Å². The third-order valence-electron chi connectivity index (χ3n) is 5.01. The van der Waals surface area contributed by atoms with Crippen molar-refractivity contribution >= 4 is 29.1 Å². The topological polar surface area (TPSA) is 105 Å². The van der Waals surface area contributed by atoms with Crippen LogP contribution in [0.2, 0.25) is 0 Å². The first-order valence-corrected chi connectivity index (χ1v) is 10.2. The Kier molecular flexibility index (Phi) is 6.84. The van der Waals surface area contributed by atoms with Gasteiger partial charge in [-0.25, -0.2) is 0 Å². The van der Waals surface area contributed by atoms with E-state index >= 15 is 0 Å². The highest BCUT2D eigenvalue weighted by molar-refractivity contribution is 6.07. The molecular formula is C22H29N7O3. The van der Waals surface area contributed by atoms with Crippen LogP contribution in [0.15, 0.2) is 42.9 Å². The first-order valence-electron chi connectivity index (χ1n) is 10.2. The highest BCUT2D eigenvalue weighted by atomic mass is 16.2. The number of nitrogens with zero attached hydrogens (tertiary/aromatic N) is 4. The van der Waals surface area contributed by atoms with Crippen LogP contribution < -0.4 is 16.0 Å². The molecule has 0 spiro atoms. The minimum absolute atomic E-state index is 0.209. The summed E-state index contributed by atoms with van der Waals surface area (Å²) in [5, 5.41) is 8.46.